The Kier molecular flexibility index (Phi) is 3.80. The predicted molar refractivity (Wildman–Crippen MR) is 62.6 cm³/mol. The third kappa shape index (κ3) is 2.89. The van der Waals surface area contributed by atoms with Crippen LogP contribution in [0.2, 0.25) is 0 Å². The summed E-state index contributed by atoms with van der Waals surface area (Å²) in [4.78, 5) is 11.6. The second-order valence-corrected chi connectivity index (χ2v) is 4.47. The van der Waals surface area contributed by atoms with Crippen LogP contribution in [0.1, 0.15) is 23.5 Å². The zero-order valence-corrected chi connectivity index (χ0v) is 10.3. The van der Waals surface area contributed by atoms with Gasteiger partial charge in [-0.15, -0.1) is 0 Å². The summed E-state index contributed by atoms with van der Waals surface area (Å²) in [5.74, 6) is -0.530. The first kappa shape index (κ1) is 13.9. The molecule has 0 bridgehead atoms. The minimum atomic E-state index is -4.34. The van der Waals surface area contributed by atoms with Crippen molar-refractivity contribution in [3.8, 4) is 0 Å². The minimum Gasteiger partial charge on any atom is -0.468 e. The smallest absolute Gasteiger partial charge is 0.416 e. The topological polar surface area (TPSA) is 38.3 Å². The number of hydrogen-bond donors (Lipinski definition) is 1. The highest BCUT2D eigenvalue weighted by Crippen LogP contribution is 2.33. The van der Waals surface area contributed by atoms with Crippen LogP contribution in [-0.2, 0) is 15.7 Å². The lowest BCUT2D eigenvalue weighted by Gasteiger charge is -2.18. The predicted octanol–water partition coefficient (Wildman–Crippen LogP) is 2.32. The van der Waals surface area contributed by atoms with Crippen LogP contribution in [0.5, 0.6) is 0 Å². The molecule has 1 N–H and O–H groups in total. The third-order valence-corrected chi connectivity index (χ3v) is 3.34. The Morgan fingerprint density at radius 3 is 2.47 bits per heavy atom. The number of nitrogens with one attached hydrogen (secondary N) is 1. The zero-order valence-electron chi connectivity index (χ0n) is 10.3. The van der Waals surface area contributed by atoms with Gasteiger partial charge in [0.15, 0.2) is 0 Å². The van der Waals surface area contributed by atoms with Crippen LogP contribution in [-0.4, -0.2) is 25.7 Å². The first-order valence-electron chi connectivity index (χ1n) is 5.92. The molecule has 0 spiro atoms. The molecule has 1 saturated heterocycles. The minimum absolute atomic E-state index is 0.144. The number of carbonyl (C=O) groups excluding carboxylic acids is 1. The fraction of sp³-hybridized carbons (Fsp3) is 0.462. The summed E-state index contributed by atoms with van der Waals surface area (Å²) in [6, 6.07) is 4.46. The number of methoxy groups -OCH3 is 1. The van der Waals surface area contributed by atoms with Crippen LogP contribution in [0.3, 0.4) is 0 Å². The van der Waals surface area contributed by atoms with Crippen LogP contribution in [0.25, 0.3) is 0 Å². The number of benzene rings is 1. The number of rotatable bonds is 2. The molecule has 1 heterocycles. The molecular weight excluding hydrogens is 259 g/mol. The van der Waals surface area contributed by atoms with Crippen molar-refractivity contribution in [3.05, 3.63) is 35.4 Å². The molecule has 104 valence electrons. The summed E-state index contributed by atoms with van der Waals surface area (Å²) < 4.78 is 42.1. The monoisotopic (exact) mass is 273 g/mol. The van der Waals surface area contributed by atoms with Crippen LogP contribution >= 0.6 is 0 Å². The van der Waals surface area contributed by atoms with Crippen LogP contribution in [0.4, 0.5) is 13.2 Å². The van der Waals surface area contributed by atoms with Gasteiger partial charge in [0.05, 0.1) is 12.7 Å². The van der Waals surface area contributed by atoms with Gasteiger partial charge >= 0.3 is 12.1 Å². The van der Waals surface area contributed by atoms with Gasteiger partial charge < -0.3 is 10.1 Å². The van der Waals surface area contributed by atoms with Gasteiger partial charge in [-0.2, -0.15) is 13.2 Å². The fourth-order valence-corrected chi connectivity index (χ4v) is 2.36. The highest BCUT2D eigenvalue weighted by Gasteiger charge is 2.35. The summed E-state index contributed by atoms with van der Waals surface area (Å²) in [6.45, 7) is 0.644. The van der Waals surface area contributed by atoms with Gasteiger partial charge in [-0.1, -0.05) is 12.1 Å². The first-order chi connectivity index (χ1) is 8.93. The van der Waals surface area contributed by atoms with Crippen molar-refractivity contribution in [2.45, 2.75) is 24.6 Å². The first-order valence-corrected chi connectivity index (χ1v) is 5.92. The van der Waals surface area contributed by atoms with Gasteiger partial charge in [-0.3, -0.25) is 4.79 Å². The van der Waals surface area contributed by atoms with Crippen molar-refractivity contribution in [2.75, 3.05) is 13.7 Å². The average molecular weight is 273 g/mol. The molecule has 2 rings (SSSR count). The van der Waals surface area contributed by atoms with Gasteiger partial charge in [0, 0.05) is 5.92 Å². The molecule has 1 aromatic carbocycles. The maximum Gasteiger partial charge on any atom is 0.416 e. The molecule has 2 atom stereocenters. The van der Waals surface area contributed by atoms with E-state index in [4.69, 9.17) is 0 Å². The van der Waals surface area contributed by atoms with Crippen LogP contribution in [0.15, 0.2) is 24.3 Å². The molecule has 1 aliphatic rings. The fourth-order valence-electron chi connectivity index (χ4n) is 2.36. The van der Waals surface area contributed by atoms with E-state index in [1.165, 1.54) is 19.2 Å². The molecule has 19 heavy (non-hydrogen) atoms. The molecule has 3 nitrogen and oxygen atoms in total. The van der Waals surface area contributed by atoms with Gasteiger partial charge in [0.25, 0.3) is 0 Å². The van der Waals surface area contributed by atoms with E-state index in [0.717, 1.165) is 12.1 Å². The van der Waals surface area contributed by atoms with Crippen molar-refractivity contribution in [3.63, 3.8) is 0 Å². The standard InChI is InChI=1S/C13H14F3NO2/c1-19-12(18)11-10(6-7-17-11)8-2-4-9(5-3-8)13(14,15)16/h2-5,10-11,17H,6-7H2,1H3/t10-,11-/m0/s1. The molecule has 0 aliphatic carbocycles. The molecule has 1 aliphatic heterocycles. The molecule has 0 saturated carbocycles. The lowest BCUT2D eigenvalue weighted by Crippen LogP contribution is -2.35. The quantitative estimate of drug-likeness (QED) is 0.840. The van der Waals surface area contributed by atoms with Gasteiger partial charge in [-0.25, -0.2) is 0 Å². The Morgan fingerprint density at radius 2 is 1.95 bits per heavy atom. The van der Waals surface area contributed by atoms with Gasteiger partial charge in [-0.05, 0) is 30.7 Å². The third-order valence-electron chi connectivity index (χ3n) is 3.34. The number of alkyl halides is 3. The van der Waals surface area contributed by atoms with E-state index < -0.39 is 17.8 Å². The number of hydrogen-bond acceptors (Lipinski definition) is 3. The summed E-state index contributed by atoms with van der Waals surface area (Å²) in [5, 5.41) is 3.00. The normalized spacial score (nSPS) is 23.4. The summed E-state index contributed by atoms with van der Waals surface area (Å²) >= 11 is 0. The van der Waals surface area contributed by atoms with E-state index in [9.17, 15) is 18.0 Å². The Labute approximate surface area is 108 Å². The lowest BCUT2D eigenvalue weighted by molar-refractivity contribution is -0.143. The number of esters is 1. The van der Waals surface area contributed by atoms with Gasteiger partial charge in [0.1, 0.15) is 6.04 Å². The molecular formula is C13H14F3NO2. The second kappa shape index (κ2) is 5.21. The van der Waals surface area contributed by atoms with E-state index in [1.54, 1.807) is 0 Å². The van der Waals surface area contributed by atoms with Crippen molar-refractivity contribution in [1.82, 2.24) is 5.32 Å². The molecule has 1 aromatic rings. The van der Waals surface area contributed by atoms with E-state index in [-0.39, 0.29) is 11.9 Å². The van der Waals surface area contributed by atoms with E-state index in [1.807, 2.05) is 0 Å². The van der Waals surface area contributed by atoms with E-state index in [2.05, 4.69) is 10.1 Å². The highest BCUT2D eigenvalue weighted by molar-refractivity contribution is 5.77. The molecule has 0 unspecified atom stereocenters. The summed E-state index contributed by atoms with van der Waals surface area (Å²) in [7, 11) is 1.30. The molecule has 0 radical (unpaired) electrons. The zero-order chi connectivity index (χ0) is 14.0. The van der Waals surface area contributed by atoms with Crippen molar-refractivity contribution >= 4 is 5.97 Å². The van der Waals surface area contributed by atoms with Crippen molar-refractivity contribution in [2.24, 2.45) is 0 Å². The number of carbonyl (C=O) groups is 1. The van der Waals surface area contributed by atoms with Crippen LogP contribution in [0, 0.1) is 0 Å². The molecule has 1 fully saturated rings. The number of ether oxygens (including phenoxy) is 1. The molecule has 0 amide bonds. The molecule has 0 aromatic heterocycles. The van der Waals surface area contributed by atoms with E-state index in [0.29, 0.717) is 18.5 Å². The lowest BCUT2D eigenvalue weighted by atomic mass is 9.91. The van der Waals surface area contributed by atoms with Crippen molar-refractivity contribution in [1.29, 1.82) is 0 Å². The average Bonchev–Trinajstić information content (AvgIpc) is 2.86. The van der Waals surface area contributed by atoms with Crippen LogP contribution < -0.4 is 5.32 Å². The van der Waals surface area contributed by atoms with Crippen molar-refractivity contribution < 1.29 is 22.7 Å². The Morgan fingerprint density at radius 1 is 1.32 bits per heavy atom. The Bertz CT molecular complexity index is 456. The summed E-state index contributed by atoms with van der Waals surface area (Å²) in [6.07, 6.45) is -3.64. The Hall–Kier alpha value is -1.56. The highest BCUT2D eigenvalue weighted by atomic mass is 19.4. The van der Waals surface area contributed by atoms with Gasteiger partial charge in [0.2, 0.25) is 0 Å². The molecule has 6 heteroatoms. The Balaban J connectivity index is 2.20. The van der Waals surface area contributed by atoms with E-state index >= 15 is 0 Å². The SMILES string of the molecule is COC(=O)[C@H]1NCC[C@H]1c1ccc(C(F)(F)F)cc1. The second-order valence-electron chi connectivity index (χ2n) is 4.47. The maximum atomic E-state index is 12.5. The number of halogens is 3. The maximum absolute atomic E-state index is 12.5. The summed E-state index contributed by atoms with van der Waals surface area (Å²) in [5.41, 5.74) is 0.0326. The largest absolute Gasteiger partial charge is 0.468 e.